The van der Waals surface area contributed by atoms with Gasteiger partial charge in [0.1, 0.15) is 11.2 Å². The Morgan fingerprint density at radius 1 is 0.657 bits per heavy atom. The molecule has 0 saturated carbocycles. The fraction of sp³-hybridized carbons (Fsp3) is 0.0909. The van der Waals surface area contributed by atoms with Crippen molar-refractivity contribution >= 4 is 33.3 Å². The minimum atomic E-state index is 0.918. The highest BCUT2D eigenvalue weighted by Gasteiger charge is 2.24. The fourth-order valence-electron chi connectivity index (χ4n) is 5.65. The van der Waals surface area contributed by atoms with Crippen LogP contribution in [-0.4, -0.2) is 0 Å². The standard InChI is InChI=1S/C33H25NO/c1-20-18-27-23-11-4-3-10-22(23)19-28(27)33(21(20)2)34-29-15-7-5-12-24(29)25-14-9-17-31-32(25)26-13-6-8-16-30(26)35-31/h3-18,34H,19H2,1-2H3. The summed E-state index contributed by atoms with van der Waals surface area (Å²) in [6.45, 7) is 4.44. The maximum atomic E-state index is 6.18. The van der Waals surface area contributed by atoms with Crippen LogP contribution < -0.4 is 5.32 Å². The predicted molar refractivity (Wildman–Crippen MR) is 147 cm³/mol. The second-order valence-electron chi connectivity index (χ2n) is 9.50. The van der Waals surface area contributed by atoms with Gasteiger partial charge in [0, 0.05) is 34.1 Å². The van der Waals surface area contributed by atoms with Gasteiger partial charge in [-0.15, -0.1) is 0 Å². The predicted octanol–water partition coefficient (Wildman–Crippen LogP) is 9.18. The molecule has 1 aliphatic rings. The quantitative estimate of drug-likeness (QED) is 0.290. The first-order chi connectivity index (χ1) is 17.2. The summed E-state index contributed by atoms with van der Waals surface area (Å²) in [5, 5.41) is 6.20. The van der Waals surface area contributed by atoms with E-state index in [9.17, 15) is 0 Å². The Labute approximate surface area is 204 Å². The highest BCUT2D eigenvalue weighted by atomic mass is 16.3. The zero-order valence-electron chi connectivity index (χ0n) is 19.9. The lowest BCUT2D eigenvalue weighted by Gasteiger charge is -2.19. The van der Waals surface area contributed by atoms with Crippen molar-refractivity contribution in [3.63, 3.8) is 0 Å². The van der Waals surface area contributed by atoms with E-state index in [1.807, 2.05) is 12.1 Å². The number of furan rings is 1. The SMILES string of the molecule is Cc1cc2c(c(Nc3ccccc3-c3cccc4oc5ccccc5c34)c1C)Cc1ccccc1-2. The second kappa shape index (κ2) is 7.61. The number of benzene rings is 5. The molecule has 1 aromatic heterocycles. The largest absolute Gasteiger partial charge is 0.456 e. The monoisotopic (exact) mass is 451 g/mol. The van der Waals surface area contributed by atoms with E-state index in [1.54, 1.807) is 0 Å². The minimum Gasteiger partial charge on any atom is -0.456 e. The number of anilines is 2. The van der Waals surface area contributed by atoms with E-state index in [-0.39, 0.29) is 0 Å². The van der Waals surface area contributed by atoms with Crippen molar-refractivity contribution in [3.05, 3.63) is 119 Å². The van der Waals surface area contributed by atoms with Crippen LogP contribution in [0.5, 0.6) is 0 Å². The molecule has 1 heterocycles. The van der Waals surface area contributed by atoms with Crippen LogP contribution in [0.1, 0.15) is 22.3 Å². The van der Waals surface area contributed by atoms with Crippen molar-refractivity contribution in [3.8, 4) is 22.3 Å². The van der Waals surface area contributed by atoms with Crippen LogP contribution in [0.3, 0.4) is 0 Å². The highest BCUT2D eigenvalue weighted by Crippen LogP contribution is 2.45. The lowest BCUT2D eigenvalue weighted by Crippen LogP contribution is -2.01. The molecule has 1 aliphatic carbocycles. The smallest absolute Gasteiger partial charge is 0.136 e. The van der Waals surface area contributed by atoms with Crippen molar-refractivity contribution in [2.75, 3.05) is 5.32 Å². The van der Waals surface area contributed by atoms with Crippen LogP contribution in [0, 0.1) is 13.8 Å². The third-order valence-electron chi connectivity index (χ3n) is 7.51. The number of hydrogen-bond acceptors (Lipinski definition) is 2. The lowest BCUT2D eigenvalue weighted by atomic mass is 9.95. The molecule has 2 heteroatoms. The molecule has 168 valence electrons. The van der Waals surface area contributed by atoms with Gasteiger partial charge < -0.3 is 9.73 Å². The summed E-state index contributed by atoms with van der Waals surface area (Å²) < 4.78 is 6.18. The maximum absolute atomic E-state index is 6.18. The number of fused-ring (bicyclic) bond motifs is 6. The molecule has 0 amide bonds. The molecule has 0 unspecified atom stereocenters. The summed E-state index contributed by atoms with van der Waals surface area (Å²) in [5.41, 5.74) is 14.6. The van der Waals surface area contributed by atoms with Crippen LogP contribution in [-0.2, 0) is 6.42 Å². The molecule has 6 aromatic rings. The number of hydrogen-bond donors (Lipinski definition) is 1. The zero-order valence-corrected chi connectivity index (χ0v) is 19.9. The van der Waals surface area contributed by atoms with Gasteiger partial charge in [-0.25, -0.2) is 0 Å². The van der Waals surface area contributed by atoms with Crippen molar-refractivity contribution < 1.29 is 4.42 Å². The van der Waals surface area contributed by atoms with Gasteiger partial charge in [0.25, 0.3) is 0 Å². The molecule has 1 N–H and O–H groups in total. The van der Waals surface area contributed by atoms with Crippen LogP contribution in [0.2, 0.25) is 0 Å². The van der Waals surface area contributed by atoms with Crippen molar-refractivity contribution in [1.82, 2.24) is 0 Å². The fourth-order valence-corrected chi connectivity index (χ4v) is 5.65. The summed E-state index contributed by atoms with van der Waals surface area (Å²) in [6.07, 6.45) is 0.957. The van der Waals surface area contributed by atoms with Gasteiger partial charge in [0.2, 0.25) is 0 Å². The van der Waals surface area contributed by atoms with E-state index >= 15 is 0 Å². The van der Waals surface area contributed by atoms with Crippen molar-refractivity contribution in [2.24, 2.45) is 0 Å². The van der Waals surface area contributed by atoms with Gasteiger partial charge in [-0.05, 0) is 71.0 Å². The van der Waals surface area contributed by atoms with E-state index in [2.05, 4.69) is 104 Å². The summed E-state index contributed by atoms with van der Waals surface area (Å²) in [6, 6.07) is 34.4. The average molecular weight is 452 g/mol. The first kappa shape index (κ1) is 20.1. The van der Waals surface area contributed by atoms with E-state index in [0.29, 0.717) is 0 Å². The van der Waals surface area contributed by atoms with Gasteiger partial charge in [-0.2, -0.15) is 0 Å². The summed E-state index contributed by atoms with van der Waals surface area (Å²) in [7, 11) is 0. The first-order valence-electron chi connectivity index (χ1n) is 12.2. The Morgan fingerprint density at radius 2 is 1.37 bits per heavy atom. The van der Waals surface area contributed by atoms with Crippen LogP contribution in [0.15, 0.2) is 101 Å². The molecule has 0 spiro atoms. The van der Waals surface area contributed by atoms with Crippen LogP contribution in [0.4, 0.5) is 11.4 Å². The minimum absolute atomic E-state index is 0.918. The van der Waals surface area contributed by atoms with Gasteiger partial charge in [-0.1, -0.05) is 78.9 Å². The molecule has 35 heavy (non-hydrogen) atoms. The molecule has 2 nitrogen and oxygen atoms in total. The first-order valence-corrected chi connectivity index (χ1v) is 12.2. The number of aryl methyl sites for hydroxylation is 1. The third-order valence-corrected chi connectivity index (χ3v) is 7.51. The Bertz CT molecular complexity index is 1770. The molecular formula is C33H25NO. The number of nitrogens with one attached hydrogen (secondary N) is 1. The molecule has 5 aromatic carbocycles. The lowest BCUT2D eigenvalue weighted by molar-refractivity contribution is 0.669. The Balaban J connectivity index is 1.42. The van der Waals surface area contributed by atoms with Gasteiger partial charge >= 0.3 is 0 Å². The van der Waals surface area contributed by atoms with Crippen LogP contribution >= 0.6 is 0 Å². The molecule has 0 atom stereocenters. The van der Waals surface area contributed by atoms with Crippen LogP contribution in [0.25, 0.3) is 44.2 Å². The highest BCUT2D eigenvalue weighted by molar-refractivity contribution is 6.13. The molecule has 0 saturated heterocycles. The Kier molecular flexibility index (Phi) is 4.37. The van der Waals surface area contributed by atoms with E-state index in [1.165, 1.54) is 50.2 Å². The van der Waals surface area contributed by atoms with Gasteiger partial charge in [0.05, 0.1) is 0 Å². The van der Waals surface area contributed by atoms with E-state index in [4.69, 9.17) is 4.42 Å². The van der Waals surface area contributed by atoms with Gasteiger partial charge in [-0.3, -0.25) is 0 Å². The maximum Gasteiger partial charge on any atom is 0.136 e. The van der Waals surface area contributed by atoms with E-state index in [0.717, 1.165) is 34.0 Å². The van der Waals surface area contributed by atoms with E-state index < -0.39 is 0 Å². The average Bonchev–Trinajstić information content (AvgIpc) is 3.45. The molecule has 7 rings (SSSR count). The second-order valence-corrected chi connectivity index (χ2v) is 9.50. The topological polar surface area (TPSA) is 25.2 Å². The number of para-hydroxylation sites is 2. The molecule has 0 radical (unpaired) electrons. The zero-order chi connectivity index (χ0) is 23.5. The Hall–Kier alpha value is -4.30. The number of rotatable bonds is 3. The molecular weight excluding hydrogens is 426 g/mol. The van der Waals surface area contributed by atoms with Crippen molar-refractivity contribution in [2.45, 2.75) is 20.3 Å². The van der Waals surface area contributed by atoms with Gasteiger partial charge in [0.15, 0.2) is 0 Å². The third kappa shape index (κ3) is 3.03. The summed E-state index contributed by atoms with van der Waals surface area (Å²) >= 11 is 0. The molecule has 0 aliphatic heterocycles. The Morgan fingerprint density at radius 3 is 2.29 bits per heavy atom. The van der Waals surface area contributed by atoms with Crippen molar-refractivity contribution in [1.29, 1.82) is 0 Å². The molecule has 0 bridgehead atoms. The summed E-state index contributed by atoms with van der Waals surface area (Å²) in [4.78, 5) is 0. The molecule has 0 fully saturated rings. The summed E-state index contributed by atoms with van der Waals surface area (Å²) in [5.74, 6) is 0. The normalized spacial score (nSPS) is 12.2.